The molecule has 1 unspecified atom stereocenters. The summed E-state index contributed by atoms with van der Waals surface area (Å²) >= 11 is 0. The van der Waals surface area contributed by atoms with Gasteiger partial charge in [-0.3, -0.25) is 9.59 Å². The minimum absolute atomic E-state index is 0.0736. The van der Waals surface area contributed by atoms with Crippen molar-refractivity contribution in [1.82, 2.24) is 0 Å². The zero-order valence-corrected chi connectivity index (χ0v) is 24.1. The molecular weight excluding hydrogens is 448 g/mol. The molecule has 0 amide bonds. The number of esters is 1. The maximum absolute atomic E-state index is 12.2. The Labute approximate surface area is 224 Å². The summed E-state index contributed by atoms with van der Waals surface area (Å²) in [7, 11) is 0. The van der Waals surface area contributed by atoms with Crippen LogP contribution in [-0.4, -0.2) is 23.1 Å². The number of carbonyl (C=O) groups excluding carboxylic acids is 1. The lowest BCUT2D eigenvalue weighted by Gasteiger charge is -2.16. The summed E-state index contributed by atoms with van der Waals surface area (Å²) in [5.41, 5.74) is 0. The normalized spacial score (nSPS) is 12.3. The van der Waals surface area contributed by atoms with Crippen LogP contribution in [0.3, 0.4) is 0 Å². The molecule has 0 rings (SSSR count). The molecule has 4 heteroatoms. The van der Waals surface area contributed by atoms with Gasteiger partial charge in [0.2, 0.25) is 0 Å². The lowest BCUT2D eigenvalue weighted by Crippen LogP contribution is -2.21. The Morgan fingerprint density at radius 2 is 1.06 bits per heavy atom. The summed E-state index contributed by atoms with van der Waals surface area (Å²) in [4.78, 5) is 23.4. The van der Waals surface area contributed by atoms with Gasteiger partial charge in [-0.05, 0) is 38.5 Å². The van der Waals surface area contributed by atoms with Gasteiger partial charge in [-0.2, -0.15) is 0 Å². The van der Waals surface area contributed by atoms with E-state index in [1.54, 1.807) is 0 Å². The molecule has 1 N–H and O–H groups in total. The van der Waals surface area contributed by atoms with E-state index in [0.717, 1.165) is 38.5 Å². The highest BCUT2D eigenvalue weighted by atomic mass is 16.5. The molecule has 0 saturated heterocycles. The Balaban J connectivity index is 3.71. The number of unbranched alkanes of at least 4 members (excludes halogenated alkanes) is 19. The molecule has 0 aliphatic carbocycles. The number of carbonyl (C=O) groups is 2. The zero-order valence-electron chi connectivity index (χ0n) is 24.1. The fraction of sp³-hybridized carbons (Fsp3) is 0.875. The number of rotatable bonds is 28. The highest BCUT2D eigenvalue weighted by Crippen LogP contribution is 2.16. The summed E-state index contributed by atoms with van der Waals surface area (Å²) < 4.78 is 5.53. The molecule has 0 spiro atoms. The molecular formula is C32H60O4. The topological polar surface area (TPSA) is 63.6 Å². The van der Waals surface area contributed by atoms with Gasteiger partial charge in [-0.15, -0.1) is 0 Å². The average molecular weight is 509 g/mol. The summed E-state index contributed by atoms with van der Waals surface area (Å²) in [5.74, 6) is -1.11. The predicted octanol–water partition coefficient (Wildman–Crippen LogP) is 10.3. The van der Waals surface area contributed by atoms with Crippen molar-refractivity contribution in [2.75, 3.05) is 0 Å². The van der Waals surface area contributed by atoms with Gasteiger partial charge in [0.15, 0.2) is 0 Å². The van der Waals surface area contributed by atoms with Crippen molar-refractivity contribution in [3.63, 3.8) is 0 Å². The second-order valence-electron chi connectivity index (χ2n) is 10.7. The molecule has 0 fully saturated rings. The number of hydrogen-bond donors (Lipinski definition) is 1. The first-order valence-corrected chi connectivity index (χ1v) is 15.7. The number of carboxylic acid groups (broad SMARTS) is 1. The number of hydrogen-bond acceptors (Lipinski definition) is 3. The molecule has 0 aromatic carbocycles. The van der Waals surface area contributed by atoms with E-state index in [-0.39, 0.29) is 12.4 Å². The van der Waals surface area contributed by atoms with Crippen LogP contribution in [0.4, 0.5) is 0 Å². The Kier molecular flexibility index (Phi) is 27.2. The number of ether oxygens (including phenoxy) is 1. The largest absolute Gasteiger partial charge is 0.481 e. The van der Waals surface area contributed by atoms with Crippen molar-refractivity contribution in [1.29, 1.82) is 0 Å². The molecule has 0 radical (unpaired) electrons. The van der Waals surface area contributed by atoms with E-state index in [9.17, 15) is 14.7 Å². The Hall–Kier alpha value is -1.32. The standard InChI is InChI=1S/C32H60O4/c1-3-5-7-9-11-13-15-16-18-19-21-23-25-27-30(29-31(33)34)36-32(35)28-26-24-22-20-17-14-12-10-8-6-4-2/h10,12,30H,3-9,11,13-29H2,1-2H3,(H,33,34)/b12-10-. The lowest BCUT2D eigenvalue weighted by molar-refractivity contribution is -0.153. The third-order valence-electron chi connectivity index (χ3n) is 6.97. The molecule has 212 valence electrons. The van der Waals surface area contributed by atoms with Crippen molar-refractivity contribution in [2.24, 2.45) is 0 Å². The van der Waals surface area contributed by atoms with Gasteiger partial charge in [-0.1, -0.05) is 135 Å². The molecule has 0 saturated carbocycles. The molecule has 4 nitrogen and oxygen atoms in total. The molecule has 36 heavy (non-hydrogen) atoms. The van der Waals surface area contributed by atoms with Gasteiger partial charge >= 0.3 is 11.9 Å². The van der Waals surface area contributed by atoms with Gasteiger partial charge in [0, 0.05) is 6.42 Å². The van der Waals surface area contributed by atoms with E-state index in [1.807, 2.05) is 0 Å². The molecule has 0 heterocycles. The van der Waals surface area contributed by atoms with Crippen LogP contribution in [0.25, 0.3) is 0 Å². The van der Waals surface area contributed by atoms with E-state index in [1.165, 1.54) is 103 Å². The smallest absolute Gasteiger partial charge is 0.307 e. The van der Waals surface area contributed by atoms with Crippen molar-refractivity contribution >= 4 is 11.9 Å². The first kappa shape index (κ1) is 34.7. The third kappa shape index (κ3) is 27.3. The zero-order chi connectivity index (χ0) is 26.5. The fourth-order valence-electron chi connectivity index (χ4n) is 4.65. The van der Waals surface area contributed by atoms with Crippen LogP contribution in [0.2, 0.25) is 0 Å². The van der Waals surface area contributed by atoms with Crippen LogP contribution < -0.4 is 0 Å². The van der Waals surface area contributed by atoms with Crippen molar-refractivity contribution in [3.05, 3.63) is 12.2 Å². The highest BCUT2D eigenvalue weighted by Gasteiger charge is 2.17. The van der Waals surface area contributed by atoms with Crippen molar-refractivity contribution in [3.8, 4) is 0 Å². The van der Waals surface area contributed by atoms with E-state index in [4.69, 9.17) is 4.74 Å². The van der Waals surface area contributed by atoms with E-state index >= 15 is 0 Å². The van der Waals surface area contributed by atoms with Crippen molar-refractivity contribution in [2.45, 2.75) is 180 Å². The van der Waals surface area contributed by atoms with Gasteiger partial charge < -0.3 is 9.84 Å². The van der Waals surface area contributed by atoms with Crippen LogP contribution in [0.1, 0.15) is 174 Å². The van der Waals surface area contributed by atoms with E-state index < -0.39 is 12.1 Å². The summed E-state index contributed by atoms with van der Waals surface area (Å²) in [5, 5.41) is 9.18. The first-order valence-electron chi connectivity index (χ1n) is 15.7. The van der Waals surface area contributed by atoms with Crippen molar-refractivity contribution < 1.29 is 19.4 Å². The first-order chi connectivity index (χ1) is 17.6. The Morgan fingerprint density at radius 1 is 0.611 bits per heavy atom. The molecule has 1 atom stereocenters. The van der Waals surface area contributed by atoms with Crippen LogP contribution >= 0.6 is 0 Å². The van der Waals surface area contributed by atoms with E-state index in [2.05, 4.69) is 26.0 Å². The molecule has 0 aliphatic heterocycles. The Morgan fingerprint density at radius 3 is 1.58 bits per heavy atom. The van der Waals surface area contributed by atoms with E-state index in [0.29, 0.717) is 12.8 Å². The maximum atomic E-state index is 12.2. The quantitative estimate of drug-likeness (QED) is 0.0648. The monoisotopic (exact) mass is 508 g/mol. The molecule has 0 aliphatic rings. The maximum Gasteiger partial charge on any atom is 0.307 e. The minimum Gasteiger partial charge on any atom is -0.481 e. The van der Waals surface area contributed by atoms with Crippen LogP contribution in [0, 0.1) is 0 Å². The summed E-state index contributed by atoms with van der Waals surface area (Å²) in [6.07, 6.45) is 32.2. The number of carboxylic acids is 1. The van der Waals surface area contributed by atoms with Gasteiger partial charge in [0.1, 0.15) is 6.10 Å². The molecule has 0 bridgehead atoms. The van der Waals surface area contributed by atoms with Gasteiger partial charge in [0.05, 0.1) is 6.42 Å². The Bertz CT molecular complexity index is 514. The highest BCUT2D eigenvalue weighted by molar-refractivity contribution is 5.71. The second kappa shape index (κ2) is 28.3. The predicted molar refractivity (Wildman–Crippen MR) is 153 cm³/mol. The van der Waals surface area contributed by atoms with Crippen LogP contribution in [-0.2, 0) is 14.3 Å². The fourth-order valence-corrected chi connectivity index (χ4v) is 4.65. The van der Waals surface area contributed by atoms with Crippen LogP contribution in [0.5, 0.6) is 0 Å². The SMILES string of the molecule is CCCC/C=C\CCCCCCCC(=O)OC(CCCCCCCCCCCCCCC)CC(=O)O. The summed E-state index contributed by atoms with van der Waals surface area (Å²) in [6, 6.07) is 0. The second-order valence-corrected chi connectivity index (χ2v) is 10.7. The van der Waals surface area contributed by atoms with Gasteiger partial charge in [0.25, 0.3) is 0 Å². The van der Waals surface area contributed by atoms with Gasteiger partial charge in [-0.25, -0.2) is 0 Å². The molecule has 0 aromatic rings. The average Bonchev–Trinajstić information content (AvgIpc) is 2.85. The van der Waals surface area contributed by atoms with Crippen LogP contribution in [0.15, 0.2) is 12.2 Å². The third-order valence-corrected chi connectivity index (χ3v) is 6.97. The minimum atomic E-state index is -0.883. The summed E-state index contributed by atoms with van der Waals surface area (Å²) in [6.45, 7) is 4.48. The number of allylic oxidation sites excluding steroid dienone is 2. The lowest BCUT2D eigenvalue weighted by atomic mass is 10.0. The molecule has 0 aromatic heterocycles. The number of aliphatic carboxylic acids is 1.